The molecule has 0 saturated carbocycles. The molecule has 5 rings (SSSR count). The Bertz CT molecular complexity index is 1440. The largest absolute Gasteiger partial charge is 0.490 e. The van der Waals surface area contributed by atoms with Gasteiger partial charge < -0.3 is 19.4 Å². The number of likely N-dealkylation sites (tertiary alicyclic amines) is 1. The van der Waals surface area contributed by atoms with Crippen LogP contribution in [0.2, 0.25) is 0 Å². The molecule has 1 aliphatic rings. The first-order valence-corrected chi connectivity index (χ1v) is 12.1. The van der Waals surface area contributed by atoms with Gasteiger partial charge in [0, 0.05) is 28.5 Å². The van der Waals surface area contributed by atoms with Crippen LogP contribution in [0.3, 0.4) is 0 Å². The quantitative estimate of drug-likeness (QED) is 0.381. The molecule has 0 spiro atoms. The molecule has 10 heteroatoms. The summed E-state index contributed by atoms with van der Waals surface area (Å²) < 4.78 is 14.2. The van der Waals surface area contributed by atoms with E-state index in [1.54, 1.807) is 6.07 Å². The predicted molar refractivity (Wildman–Crippen MR) is 135 cm³/mol. The van der Waals surface area contributed by atoms with Crippen LogP contribution < -0.4 is 15.7 Å². The van der Waals surface area contributed by atoms with Crippen molar-refractivity contribution in [2.75, 3.05) is 25.5 Å². The molecule has 0 atom stereocenters. The van der Waals surface area contributed by atoms with Crippen LogP contribution in [0.1, 0.15) is 28.9 Å². The molecule has 2 aromatic heterocycles. The first kappa shape index (κ1) is 23.3. The number of carbonyl (C=O) groups excluding carboxylic acids is 1. The molecule has 0 unspecified atom stereocenters. The Kier molecular flexibility index (Phi) is 6.40. The lowest BCUT2D eigenvalue weighted by molar-refractivity contribution is 0.102. The van der Waals surface area contributed by atoms with Crippen molar-refractivity contribution >= 4 is 38.5 Å². The lowest BCUT2D eigenvalue weighted by Gasteiger charge is -2.29. The van der Waals surface area contributed by atoms with Crippen LogP contribution in [0.5, 0.6) is 5.75 Å². The third-order valence-electron chi connectivity index (χ3n) is 6.13. The molecule has 1 aliphatic heterocycles. The maximum absolute atomic E-state index is 12.7. The smallest absolute Gasteiger partial charge is 0.360 e. The van der Waals surface area contributed by atoms with E-state index in [1.165, 1.54) is 10.9 Å². The van der Waals surface area contributed by atoms with Crippen molar-refractivity contribution in [3.8, 4) is 11.4 Å². The van der Waals surface area contributed by atoms with Crippen LogP contribution in [-0.4, -0.2) is 52.0 Å². The number of anilines is 1. The fourth-order valence-corrected chi connectivity index (χ4v) is 4.34. The number of fused-ring (bicyclic) bond motifs is 1. The molecule has 9 nitrogen and oxygen atoms in total. The molecule has 1 fully saturated rings. The first-order valence-electron chi connectivity index (χ1n) is 11.3. The van der Waals surface area contributed by atoms with Gasteiger partial charge in [0.15, 0.2) is 5.69 Å². The summed E-state index contributed by atoms with van der Waals surface area (Å²) in [4.78, 5) is 27.7. The Hall–Kier alpha value is -3.50. The molecular formula is C25H24BrN5O4. The first-order chi connectivity index (χ1) is 16.9. The van der Waals surface area contributed by atoms with Crippen molar-refractivity contribution in [2.45, 2.75) is 25.9 Å². The van der Waals surface area contributed by atoms with Crippen molar-refractivity contribution in [3.05, 3.63) is 74.8 Å². The van der Waals surface area contributed by atoms with E-state index >= 15 is 0 Å². The van der Waals surface area contributed by atoms with Crippen LogP contribution >= 0.6 is 15.9 Å². The van der Waals surface area contributed by atoms with Crippen molar-refractivity contribution < 1.29 is 13.9 Å². The number of aromatic nitrogens is 3. The molecule has 2 aromatic carbocycles. The number of nitrogens with one attached hydrogen (secondary N) is 1. The molecule has 35 heavy (non-hydrogen) atoms. The summed E-state index contributed by atoms with van der Waals surface area (Å²) in [6.07, 6.45) is 3.54. The fourth-order valence-electron chi connectivity index (χ4n) is 4.08. The second-order valence-corrected chi connectivity index (χ2v) is 9.57. The summed E-state index contributed by atoms with van der Waals surface area (Å²) in [5.41, 5.74) is 1.41. The van der Waals surface area contributed by atoms with Gasteiger partial charge in [0.05, 0.1) is 11.9 Å². The van der Waals surface area contributed by atoms with Gasteiger partial charge in [-0.1, -0.05) is 21.1 Å². The Labute approximate surface area is 209 Å². The Morgan fingerprint density at radius 1 is 1.17 bits per heavy atom. The third-order valence-corrected chi connectivity index (χ3v) is 6.65. The van der Waals surface area contributed by atoms with E-state index in [-0.39, 0.29) is 17.5 Å². The van der Waals surface area contributed by atoms with Crippen molar-refractivity contribution in [1.82, 2.24) is 19.9 Å². The molecule has 180 valence electrons. The minimum absolute atomic E-state index is 0.0316. The number of piperidine rings is 1. The molecule has 1 saturated heterocycles. The van der Waals surface area contributed by atoms with Gasteiger partial charge in [-0.05, 0) is 69.3 Å². The molecule has 4 aromatic rings. The number of rotatable bonds is 5. The molecule has 1 N–H and O–H groups in total. The summed E-state index contributed by atoms with van der Waals surface area (Å²) >= 11 is 3.38. The highest BCUT2D eigenvalue weighted by molar-refractivity contribution is 9.10. The van der Waals surface area contributed by atoms with E-state index in [0.29, 0.717) is 16.7 Å². The summed E-state index contributed by atoms with van der Waals surface area (Å²) in [6, 6.07) is 12.7. The summed E-state index contributed by atoms with van der Waals surface area (Å²) in [7, 11) is 2.10. The minimum atomic E-state index is -0.648. The zero-order valence-corrected chi connectivity index (χ0v) is 20.9. The minimum Gasteiger partial charge on any atom is -0.490 e. The van der Waals surface area contributed by atoms with Gasteiger partial charge in [-0.15, -0.1) is 5.10 Å². The number of hydrogen-bond acceptors (Lipinski definition) is 7. The van der Waals surface area contributed by atoms with E-state index in [4.69, 9.17) is 9.15 Å². The van der Waals surface area contributed by atoms with Crippen molar-refractivity contribution in [3.63, 3.8) is 0 Å². The molecular weight excluding hydrogens is 514 g/mol. The van der Waals surface area contributed by atoms with Crippen molar-refractivity contribution in [2.24, 2.45) is 0 Å². The topological polar surface area (TPSA) is 102 Å². The maximum atomic E-state index is 12.7. The highest BCUT2D eigenvalue weighted by Gasteiger charge is 2.20. The molecule has 1 amide bonds. The number of nitrogens with zero attached hydrogens (tertiary/aromatic N) is 4. The summed E-state index contributed by atoms with van der Waals surface area (Å²) in [5, 5.41) is 11.2. The average molecular weight is 538 g/mol. The molecule has 0 aliphatic carbocycles. The van der Waals surface area contributed by atoms with Crippen LogP contribution in [0.4, 0.5) is 5.69 Å². The van der Waals surface area contributed by atoms with Crippen LogP contribution in [0.15, 0.2) is 62.3 Å². The highest BCUT2D eigenvalue weighted by Crippen LogP contribution is 2.30. The Morgan fingerprint density at radius 2 is 1.91 bits per heavy atom. The highest BCUT2D eigenvalue weighted by atomic mass is 79.9. The molecule has 0 radical (unpaired) electrons. The van der Waals surface area contributed by atoms with E-state index in [2.05, 4.69) is 43.5 Å². The Balaban J connectivity index is 1.34. The SMILES string of the molecule is Cc1c(OC2CCN(C)CC2)ccc2cc(NC(=O)c3cn(-c4ccc(Br)cc4)nn3)c(=O)oc12. The number of carbonyl (C=O) groups is 1. The standard InChI is InChI=1S/C25H24BrN5O4/c1-15-22(34-19-9-11-30(2)12-10-19)8-3-16-13-20(25(33)35-23(15)16)27-24(32)21-14-31(29-28-21)18-6-4-17(26)5-7-18/h3-8,13-14,19H,9-12H2,1-2H3,(H,27,32). The van der Waals surface area contributed by atoms with Crippen LogP contribution in [-0.2, 0) is 0 Å². The normalized spacial score (nSPS) is 14.8. The summed E-state index contributed by atoms with van der Waals surface area (Å²) in [6.45, 7) is 3.85. The maximum Gasteiger partial charge on any atom is 0.360 e. The number of ether oxygens (including phenoxy) is 1. The van der Waals surface area contributed by atoms with E-state index in [0.717, 1.165) is 41.7 Å². The third kappa shape index (κ3) is 4.98. The predicted octanol–water partition coefficient (Wildman–Crippen LogP) is 4.17. The monoisotopic (exact) mass is 537 g/mol. The lowest BCUT2D eigenvalue weighted by atomic mass is 10.1. The van der Waals surface area contributed by atoms with Gasteiger partial charge in [0.25, 0.3) is 5.91 Å². The fraction of sp³-hybridized carbons (Fsp3) is 0.280. The Morgan fingerprint density at radius 3 is 2.66 bits per heavy atom. The number of benzene rings is 2. The van der Waals surface area contributed by atoms with Crippen LogP contribution in [0, 0.1) is 6.92 Å². The second kappa shape index (κ2) is 9.63. The van der Waals surface area contributed by atoms with Gasteiger partial charge in [-0.25, -0.2) is 9.48 Å². The average Bonchev–Trinajstić information content (AvgIpc) is 3.34. The number of hydrogen-bond donors (Lipinski definition) is 1. The van der Waals surface area contributed by atoms with E-state index in [9.17, 15) is 9.59 Å². The van der Waals surface area contributed by atoms with Crippen molar-refractivity contribution in [1.29, 1.82) is 0 Å². The van der Waals surface area contributed by atoms with Gasteiger partial charge in [0.2, 0.25) is 0 Å². The molecule has 3 heterocycles. The zero-order chi connectivity index (χ0) is 24.5. The zero-order valence-electron chi connectivity index (χ0n) is 19.3. The number of amides is 1. The van der Waals surface area contributed by atoms with Gasteiger partial charge in [-0.2, -0.15) is 0 Å². The number of halogens is 1. The second-order valence-electron chi connectivity index (χ2n) is 8.65. The summed E-state index contributed by atoms with van der Waals surface area (Å²) in [5.74, 6) is 0.149. The van der Waals surface area contributed by atoms with E-state index in [1.807, 2.05) is 43.3 Å². The van der Waals surface area contributed by atoms with Gasteiger partial charge in [-0.3, -0.25) is 4.79 Å². The van der Waals surface area contributed by atoms with Gasteiger partial charge in [0.1, 0.15) is 23.1 Å². The van der Waals surface area contributed by atoms with Gasteiger partial charge >= 0.3 is 5.63 Å². The van der Waals surface area contributed by atoms with E-state index < -0.39 is 11.5 Å². The molecule has 0 bridgehead atoms. The number of aryl methyl sites for hydroxylation is 1. The lowest BCUT2D eigenvalue weighted by Crippen LogP contribution is -2.35. The van der Waals surface area contributed by atoms with Crippen LogP contribution in [0.25, 0.3) is 16.7 Å².